The van der Waals surface area contributed by atoms with Crippen LogP contribution in [0.4, 0.5) is 0 Å². The first-order valence-corrected chi connectivity index (χ1v) is 12.4. The minimum atomic E-state index is -2.45. The predicted molar refractivity (Wildman–Crippen MR) is 140 cm³/mol. The zero-order valence-corrected chi connectivity index (χ0v) is 21.0. The van der Waals surface area contributed by atoms with Crippen molar-refractivity contribution in [2.45, 2.75) is 24.2 Å². The number of hydrogen-bond donors (Lipinski definition) is 7. The van der Waals surface area contributed by atoms with Gasteiger partial charge in [-0.25, -0.2) is 0 Å². The van der Waals surface area contributed by atoms with Crippen LogP contribution in [0.15, 0.2) is 66.7 Å². The molecule has 41 heavy (non-hydrogen) atoms. The number of aromatic hydroxyl groups is 6. The molecule has 0 radical (unpaired) electrons. The molecule has 0 aliphatic carbocycles. The molecule has 4 aromatic carbocycles. The molecular weight excluding hydrogens is 536 g/mol. The first-order valence-electron chi connectivity index (χ1n) is 12.4. The molecular formula is C30H22O11. The highest BCUT2D eigenvalue weighted by Gasteiger charge is 2.51. The quantitative estimate of drug-likeness (QED) is 0.194. The topological polar surface area (TPSA) is 194 Å². The van der Waals surface area contributed by atoms with Gasteiger partial charge in [0.1, 0.15) is 63.2 Å². The number of ketones is 2. The molecule has 11 heteroatoms. The van der Waals surface area contributed by atoms with Crippen LogP contribution in [-0.2, 0) is 6.42 Å². The van der Waals surface area contributed by atoms with Crippen LogP contribution < -0.4 is 9.47 Å². The van der Waals surface area contributed by atoms with E-state index in [1.165, 1.54) is 48.5 Å². The Bertz CT molecular complexity index is 1730. The predicted octanol–water partition coefficient (Wildman–Crippen LogP) is 3.53. The Labute approximate surface area is 231 Å². The van der Waals surface area contributed by atoms with E-state index < -0.39 is 57.9 Å². The van der Waals surface area contributed by atoms with Crippen LogP contribution in [0.25, 0.3) is 0 Å². The standard InChI is InChI=1S/C30H22O11/c31-15-5-1-13(2-6-15)12-30(39)29(38)25-21(41-30)11-19(35)24(27(25)37)28-22(14-3-7-16(32)8-4-14)26(36)23-18(34)9-17(33)10-20(23)40-28/h1-11,22,28,31-35,37,39H,12H2/t22-,28-,30+/m0/s1. The summed E-state index contributed by atoms with van der Waals surface area (Å²) in [6, 6.07) is 14.2. The van der Waals surface area contributed by atoms with Gasteiger partial charge in [-0.1, -0.05) is 24.3 Å². The molecule has 0 saturated carbocycles. The number of ether oxygens (including phenoxy) is 2. The van der Waals surface area contributed by atoms with Crippen LogP contribution in [0, 0.1) is 0 Å². The zero-order valence-electron chi connectivity index (χ0n) is 21.0. The summed E-state index contributed by atoms with van der Waals surface area (Å²) in [6.07, 6.45) is -1.85. The van der Waals surface area contributed by atoms with Crippen LogP contribution >= 0.6 is 0 Å². The number of carbonyl (C=O) groups is 2. The third-order valence-corrected chi connectivity index (χ3v) is 7.21. The average Bonchev–Trinajstić information content (AvgIpc) is 3.14. The Balaban J connectivity index is 1.48. The monoisotopic (exact) mass is 558 g/mol. The third kappa shape index (κ3) is 4.10. The van der Waals surface area contributed by atoms with Crippen molar-refractivity contribution in [2.24, 2.45) is 0 Å². The molecule has 0 bridgehead atoms. The average molecular weight is 558 g/mol. The molecule has 11 nitrogen and oxygen atoms in total. The summed E-state index contributed by atoms with van der Waals surface area (Å²) in [5, 5.41) is 73.3. The number of fused-ring (bicyclic) bond motifs is 2. The number of rotatable bonds is 4. The van der Waals surface area contributed by atoms with E-state index >= 15 is 0 Å². The summed E-state index contributed by atoms with van der Waals surface area (Å²) in [7, 11) is 0. The fourth-order valence-electron chi connectivity index (χ4n) is 5.32. The summed E-state index contributed by atoms with van der Waals surface area (Å²) in [5.41, 5.74) is -0.375. The number of Topliss-reactive ketones (excluding diaryl/α,β-unsaturated/α-hetero) is 2. The maximum absolute atomic E-state index is 13.8. The van der Waals surface area contributed by atoms with E-state index in [2.05, 4.69) is 0 Å². The molecule has 3 atom stereocenters. The fraction of sp³-hybridized carbons (Fsp3) is 0.133. The summed E-state index contributed by atoms with van der Waals surface area (Å²) >= 11 is 0. The van der Waals surface area contributed by atoms with Gasteiger partial charge < -0.3 is 45.2 Å². The lowest BCUT2D eigenvalue weighted by Crippen LogP contribution is -2.42. The lowest BCUT2D eigenvalue weighted by atomic mass is 9.79. The van der Waals surface area contributed by atoms with Gasteiger partial charge in [-0.2, -0.15) is 0 Å². The summed E-state index contributed by atoms with van der Waals surface area (Å²) in [6.45, 7) is 0. The first kappa shape index (κ1) is 25.8. The summed E-state index contributed by atoms with van der Waals surface area (Å²) in [4.78, 5) is 27.2. The number of carbonyl (C=O) groups excluding carboxylic acids is 2. The molecule has 2 aliphatic rings. The molecule has 2 aliphatic heterocycles. The normalized spacial score (nSPS) is 21.1. The lowest BCUT2D eigenvalue weighted by molar-refractivity contribution is -0.0889. The molecule has 0 aromatic heterocycles. The molecule has 0 spiro atoms. The molecule has 7 N–H and O–H groups in total. The van der Waals surface area contributed by atoms with Crippen molar-refractivity contribution in [3.05, 3.63) is 94.5 Å². The van der Waals surface area contributed by atoms with Crippen LogP contribution in [0.1, 0.15) is 49.4 Å². The zero-order chi connectivity index (χ0) is 29.2. The van der Waals surface area contributed by atoms with Crippen LogP contribution in [-0.4, -0.2) is 53.1 Å². The van der Waals surface area contributed by atoms with Crippen molar-refractivity contribution in [1.29, 1.82) is 0 Å². The van der Waals surface area contributed by atoms with E-state index in [4.69, 9.17) is 9.47 Å². The molecule has 0 amide bonds. The van der Waals surface area contributed by atoms with Crippen molar-refractivity contribution < 1.29 is 54.8 Å². The van der Waals surface area contributed by atoms with E-state index in [9.17, 15) is 45.3 Å². The second-order valence-corrected chi connectivity index (χ2v) is 9.90. The van der Waals surface area contributed by atoms with Gasteiger partial charge in [0, 0.05) is 24.6 Å². The summed E-state index contributed by atoms with van der Waals surface area (Å²) < 4.78 is 11.5. The second-order valence-electron chi connectivity index (χ2n) is 9.90. The number of phenolic OH excluding ortho intramolecular Hbond substituents is 6. The Morgan fingerprint density at radius 1 is 0.707 bits per heavy atom. The van der Waals surface area contributed by atoms with E-state index in [0.29, 0.717) is 5.56 Å². The molecule has 2 heterocycles. The van der Waals surface area contributed by atoms with Gasteiger partial charge in [-0.3, -0.25) is 9.59 Å². The fourth-order valence-corrected chi connectivity index (χ4v) is 5.32. The maximum atomic E-state index is 13.8. The van der Waals surface area contributed by atoms with Crippen molar-refractivity contribution in [3.8, 4) is 46.0 Å². The summed E-state index contributed by atoms with van der Waals surface area (Å²) in [5.74, 6) is -8.54. The van der Waals surface area contributed by atoms with Gasteiger partial charge in [-0.05, 0) is 35.4 Å². The molecule has 0 fully saturated rings. The van der Waals surface area contributed by atoms with Gasteiger partial charge in [0.15, 0.2) is 5.78 Å². The van der Waals surface area contributed by atoms with Crippen molar-refractivity contribution in [1.82, 2.24) is 0 Å². The third-order valence-electron chi connectivity index (χ3n) is 7.21. The van der Waals surface area contributed by atoms with Crippen LogP contribution in [0.2, 0.25) is 0 Å². The van der Waals surface area contributed by atoms with E-state index in [0.717, 1.165) is 18.2 Å². The number of benzene rings is 4. The number of aliphatic hydroxyl groups is 1. The maximum Gasteiger partial charge on any atom is 0.277 e. The van der Waals surface area contributed by atoms with Crippen molar-refractivity contribution in [2.75, 3.05) is 0 Å². The Morgan fingerprint density at radius 2 is 1.34 bits per heavy atom. The second kappa shape index (κ2) is 9.07. The number of hydrogen-bond acceptors (Lipinski definition) is 11. The van der Waals surface area contributed by atoms with E-state index in [1.54, 1.807) is 0 Å². The molecule has 6 rings (SSSR count). The largest absolute Gasteiger partial charge is 0.508 e. The highest BCUT2D eigenvalue weighted by molar-refractivity contribution is 6.10. The Kier molecular flexibility index (Phi) is 5.71. The van der Waals surface area contributed by atoms with Gasteiger partial charge in [0.2, 0.25) is 5.78 Å². The molecule has 0 unspecified atom stereocenters. The minimum Gasteiger partial charge on any atom is -0.508 e. The van der Waals surface area contributed by atoms with Crippen LogP contribution in [0.3, 0.4) is 0 Å². The lowest BCUT2D eigenvalue weighted by Gasteiger charge is -2.34. The minimum absolute atomic E-state index is 0.0247. The highest BCUT2D eigenvalue weighted by atomic mass is 16.6. The SMILES string of the molecule is O=C1c2c(O)cc(O)cc2O[C@H](c2c(O)cc3c(c2O)C(=O)[C@@](O)(Cc2ccc(O)cc2)O3)[C@H]1c1ccc(O)cc1. The smallest absolute Gasteiger partial charge is 0.277 e. The van der Waals surface area contributed by atoms with Gasteiger partial charge in [-0.15, -0.1) is 0 Å². The number of phenols is 6. The molecule has 0 saturated heterocycles. The Hall–Kier alpha value is -5.42. The van der Waals surface area contributed by atoms with E-state index in [1.807, 2.05) is 0 Å². The van der Waals surface area contributed by atoms with Gasteiger partial charge in [0.05, 0.1) is 11.5 Å². The molecule has 4 aromatic rings. The first-order chi connectivity index (χ1) is 19.5. The molecule has 208 valence electrons. The van der Waals surface area contributed by atoms with Crippen LogP contribution in [0.5, 0.6) is 46.0 Å². The Morgan fingerprint density at radius 3 is 2.00 bits per heavy atom. The van der Waals surface area contributed by atoms with Gasteiger partial charge in [0.25, 0.3) is 5.79 Å². The highest BCUT2D eigenvalue weighted by Crippen LogP contribution is 2.54. The van der Waals surface area contributed by atoms with E-state index in [-0.39, 0.29) is 46.1 Å². The van der Waals surface area contributed by atoms with Gasteiger partial charge >= 0.3 is 0 Å². The van der Waals surface area contributed by atoms with Crippen molar-refractivity contribution >= 4 is 11.6 Å². The van der Waals surface area contributed by atoms with Crippen molar-refractivity contribution in [3.63, 3.8) is 0 Å².